The lowest BCUT2D eigenvalue weighted by Crippen LogP contribution is -2.60. The second kappa shape index (κ2) is 12.2. The Bertz CT molecular complexity index is 1390. The minimum atomic E-state index is -1.56. The van der Waals surface area contributed by atoms with Crippen LogP contribution in [0.1, 0.15) is 0 Å². The molecule has 1 fully saturated rings. The van der Waals surface area contributed by atoms with Gasteiger partial charge in [-0.15, -0.1) is 0 Å². The Kier molecular flexibility index (Phi) is 8.43. The van der Waals surface area contributed by atoms with Crippen LogP contribution >= 0.6 is 0 Å². The molecule has 4 aromatic rings. The molecule has 1 saturated heterocycles. The van der Waals surface area contributed by atoms with Gasteiger partial charge in [0.25, 0.3) is 0 Å². The summed E-state index contributed by atoms with van der Waals surface area (Å²) in [7, 11) is 4.69. The normalized spacial score (nSPS) is 22.3. The fraction of sp³-hybridized carbons (Fsp3) is 0.300. The van der Waals surface area contributed by atoms with Crippen molar-refractivity contribution in [3.8, 4) is 56.9 Å². The fourth-order valence-electron chi connectivity index (χ4n) is 4.64. The molecular weight excluding hydrogens is 532 g/mol. The van der Waals surface area contributed by atoms with E-state index in [2.05, 4.69) is 4.98 Å². The van der Waals surface area contributed by atoms with Crippen molar-refractivity contribution in [3.63, 3.8) is 0 Å². The second-order valence-electron chi connectivity index (χ2n) is 9.45. The van der Waals surface area contributed by atoms with Crippen LogP contribution in [0.2, 0.25) is 0 Å². The van der Waals surface area contributed by atoms with Crippen LogP contribution in [0.3, 0.4) is 0 Å². The molecule has 1 aromatic heterocycles. The zero-order valence-corrected chi connectivity index (χ0v) is 22.7. The molecule has 11 heteroatoms. The van der Waals surface area contributed by atoms with Gasteiger partial charge in [-0.05, 0) is 66.7 Å². The van der Waals surface area contributed by atoms with Crippen molar-refractivity contribution in [2.24, 2.45) is 0 Å². The van der Waals surface area contributed by atoms with Crippen molar-refractivity contribution in [3.05, 3.63) is 66.7 Å². The van der Waals surface area contributed by atoms with E-state index in [1.807, 2.05) is 48.5 Å². The molecule has 1 aliphatic rings. The van der Waals surface area contributed by atoms with E-state index in [1.165, 1.54) is 7.11 Å². The van der Waals surface area contributed by atoms with Crippen molar-refractivity contribution in [1.82, 2.24) is 9.97 Å². The summed E-state index contributed by atoms with van der Waals surface area (Å²) in [4.78, 5) is 8.35. The molecule has 11 nitrogen and oxygen atoms in total. The van der Waals surface area contributed by atoms with Crippen LogP contribution in [0.15, 0.2) is 66.7 Å². The first kappa shape index (κ1) is 28.4. The van der Waals surface area contributed by atoms with Crippen molar-refractivity contribution in [2.45, 2.75) is 30.7 Å². The Morgan fingerprint density at radius 3 is 1.93 bits per heavy atom. The summed E-state index contributed by atoms with van der Waals surface area (Å²) in [5.41, 5.74) is 4.01. The Hall–Kier alpha value is -4.13. The molecule has 3 aromatic carbocycles. The number of nitrogens with zero attached hydrogens (tertiary/aromatic N) is 1. The van der Waals surface area contributed by atoms with E-state index in [9.17, 15) is 20.4 Å². The van der Waals surface area contributed by atoms with Crippen LogP contribution in [0, 0.1) is 0 Å². The van der Waals surface area contributed by atoms with Gasteiger partial charge in [0.1, 0.15) is 41.7 Å². The molecule has 0 unspecified atom stereocenters. The van der Waals surface area contributed by atoms with Gasteiger partial charge in [-0.3, -0.25) is 0 Å². The van der Waals surface area contributed by atoms with Gasteiger partial charge in [0, 0.05) is 16.7 Å². The first-order chi connectivity index (χ1) is 19.9. The summed E-state index contributed by atoms with van der Waals surface area (Å²) in [6.45, 7) is -0.563. The molecule has 0 bridgehead atoms. The number of rotatable bonds is 9. The van der Waals surface area contributed by atoms with Crippen LogP contribution in [0.5, 0.6) is 23.0 Å². The number of benzene rings is 3. The molecular formula is C30H32N2O9. The standard InChI is InChI=1S/C30H32N2O9/c1-37-19-9-4-16(5-10-19)24-25(17-6-11-20(38-2)12-7-17)32-29(31-24)18-8-13-21(22(14-18)39-3)40-30-28(36)27(35)26(34)23(15-33)41-30/h4-14,23,26-28,30,33-36H,15H2,1-3H3,(H,31,32)/t23-,26+,27+,28-,30-/m1/s1. The van der Waals surface area contributed by atoms with Crippen molar-refractivity contribution < 1.29 is 44.1 Å². The average Bonchev–Trinajstić information content (AvgIpc) is 3.47. The molecule has 0 saturated carbocycles. The Morgan fingerprint density at radius 2 is 1.34 bits per heavy atom. The first-order valence-electron chi connectivity index (χ1n) is 12.9. The summed E-state index contributed by atoms with van der Waals surface area (Å²) in [6.07, 6.45) is -7.05. The van der Waals surface area contributed by atoms with E-state index in [0.29, 0.717) is 17.1 Å². The summed E-state index contributed by atoms with van der Waals surface area (Å²) >= 11 is 0. The predicted octanol–water partition coefficient (Wildman–Crippen LogP) is 2.62. The van der Waals surface area contributed by atoms with Crippen molar-refractivity contribution in [1.29, 1.82) is 0 Å². The average molecular weight is 565 g/mol. The van der Waals surface area contributed by atoms with E-state index in [4.69, 9.17) is 28.7 Å². The third-order valence-corrected chi connectivity index (χ3v) is 6.97. The van der Waals surface area contributed by atoms with Crippen molar-refractivity contribution in [2.75, 3.05) is 27.9 Å². The fourth-order valence-corrected chi connectivity index (χ4v) is 4.64. The summed E-state index contributed by atoms with van der Waals surface area (Å²) < 4.78 is 27.5. The lowest BCUT2D eigenvalue weighted by molar-refractivity contribution is -0.277. The number of ether oxygens (including phenoxy) is 5. The third-order valence-electron chi connectivity index (χ3n) is 6.97. The molecule has 216 valence electrons. The third kappa shape index (κ3) is 5.71. The highest BCUT2D eigenvalue weighted by atomic mass is 16.7. The predicted molar refractivity (Wildman–Crippen MR) is 149 cm³/mol. The summed E-state index contributed by atoms with van der Waals surface area (Å²) in [5, 5.41) is 40.0. The van der Waals surface area contributed by atoms with Crippen LogP contribution in [0.4, 0.5) is 0 Å². The Labute approximate surface area is 236 Å². The largest absolute Gasteiger partial charge is 0.497 e. The minimum Gasteiger partial charge on any atom is -0.497 e. The quantitative estimate of drug-likeness (QED) is 0.205. The number of aromatic amines is 1. The van der Waals surface area contributed by atoms with Crippen LogP contribution in [0.25, 0.3) is 33.9 Å². The van der Waals surface area contributed by atoms with E-state index in [1.54, 1.807) is 32.4 Å². The zero-order chi connectivity index (χ0) is 29.1. The molecule has 41 heavy (non-hydrogen) atoms. The molecule has 1 aliphatic heterocycles. The summed E-state index contributed by atoms with van der Waals surface area (Å²) in [5.74, 6) is 2.57. The van der Waals surface area contributed by atoms with Gasteiger partial charge in [-0.25, -0.2) is 4.98 Å². The number of H-pyrrole nitrogens is 1. The highest BCUT2D eigenvalue weighted by Crippen LogP contribution is 2.38. The van der Waals surface area contributed by atoms with E-state index in [0.717, 1.165) is 34.0 Å². The Morgan fingerprint density at radius 1 is 0.732 bits per heavy atom. The van der Waals surface area contributed by atoms with E-state index >= 15 is 0 Å². The first-order valence-corrected chi connectivity index (χ1v) is 12.9. The van der Waals surface area contributed by atoms with Gasteiger partial charge in [-0.1, -0.05) is 0 Å². The minimum absolute atomic E-state index is 0.220. The molecule has 5 atom stereocenters. The highest BCUT2D eigenvalue weighted by molar-refractivity contribution is 5.82. The second-order valence-corrected chi connectivity index (χ2v) is 9.45. The molecule has 5 rings (SSSR count). The maximum absolute atomic E-state index is 10.4. The number of nitrogens with one attached hydrogen (secondary N) is 1. The molecule has 0 radical (unpaired) electrons. The molecule has 5 N–H and O–H groups in total. The highest BCUT2D eigenvalue weighted by Gasteiger charge is 2.45. The number of aliphatic hydroxyl groups excluding tert-OH is 4. The van der Waals surface area contributed by atoms with Gasteiger partial charge in [0.15, 0.2) is 11.5 Å². The van der Waals surface area contributed by atoms with E-state index in [-0.39, 0.29) is 5.75 Å². The number of imidazole rings is 1. The van der Waals surface area contributed by atoms with Gasteiger partial charge in [0.05, 0.1) is 39.3 Å². The van der Waals surface area contributed by atoms with Gasteiger partial charge >= 0.3 is 0 Å². The lowest BCUT2D eigenvalue weighted by Gasteiger charge is -2.39. The van der Waals surface area contributed by atoms with Gasteiger partial charge in [-0.2, -0.15) is 0 Å². The van der Waals surface area contributed by atoms with E-state index < -0.39 is 37.3 Å². The molecule has 0 amide bonds. The lowest BCUT2D eigenvalue weighted by atomic mass is 9.99. The number of hydrogen-bond donors (Lipinski definition) is 5. The number of aromatic nitrogens is 2. The van der Waals surface area contributed by atoms with Crippen LogP contribution in [-0.2, 0) is 4.74 Å². The van der Waals surface area contributed by atoms with Gasteiger partial charge in [0.2, 0.25) is 6.29 Å². The topological polar surface area (TPSA) is 156 Å². The van der Waals surface area contributed by atoms with Crippen LogP contribution in [-0.4, -0.2) is 89.0 Å². The number of hydrogen-bond acceptors (Lipinski definition) is 10. The van der Waals surface area contributed by atoms with Crippen LogP contribution < -0.4 is 18.9 Å². The number of aliphatic hydroxyl groups is 4. The molecule has 2 heterocycles. The van der Waals surface area contributed by atoms with Crippen molar-refractivity contribution >= 4 is 0 Å². The molecule has 0 aliphatic carbocycles. The SMILES string of the molecule is COc1ccc(-c2nc(-c3ccc(O[C@@H]4O[C@H](CO)[C@H](O)[C@H](O)[C@H]4O)c(OC)c3)[nH]c2-c2ccc(OC)cc2)cc1. The zero-order valence-electron chi connectivity index (χ0n) is 22.7. The monoisotopic (exact) mass is 564 g/mol. The maximum atomic E-state index is 10.4. The summed E-state index contributed by atoms with van der Waals surface area (Å²) in [6, 6.07) is 20.4. The molecule has 0 spiro atoms. The smallest absolute Gasteiger partial charge is 0.229 e. The Balaban J connectivity index is 1.50. The van der Waals surface area contributed by atoms with Gasteiger partial charge < -0.3 is 49.1 Å². The maximum Gasteiger partial charge on any atom is 0.229 e. The number of methoxy groups -OCH3 is 3.